The Morgan fingerprint density at radius 1 is 1.16 bits per heavy atom. The Hall–Kier alpha value is -3.46. The molecule has 166 valence electrons. The SMILES string of the molecule is CC(C)c1cnn2c(NCc3ccccc3-n3cccn3)nc(N(C)CC3CNC3)nc12. The molecule has 0 bridgehead atoms. The van der Waals surface area contributed by atoms with Crippen molar-refractivity contribution in [1.29, 1.82) is 0 Å². The van der Waals surface area contributed by atoms with E-state index in [0.717, 1.165) is 48.0 Å². The molecular weight excluding hydrogens is 402 g/mol. The highest BCUT2D eigenvalue weighted by atomic mass is 15.4. The van der Waals surface area contributed by atoms with Gasteiger partial charge in [-0.1, -0.05) is 32.0 Å². The number of fused-ring (bicyclic) bond motifs is 1. The largest absolute Gasteiger partial charge is 0.350 e. The minimum atomic E-state index is 0.324. The van der Waals surface area contributed by atoms with Crippen LogP contribution in [0.4, 0.5) is 11.9 Å². The van der Waals surface area contributed by atoms with Crippen molar-refractivity contribution in [1.82, 2.24) is 34.7 Å². The van der Waals surface area contributed by atoms with Gasteiger partial charge in [0.05, 0.1) is 11.9 Å². The van der Waals surface area contributed by atoms with Crippen molar-refractivity contribution in [3.05, 3.63) is 60.0 Å². The highest BCUT2D eigenvalue weighted by Gasteiger charge is 2.22. The smallest absolute Gasteiger partial charge is 0.230 e. The molecule has 0 unspecified atom stereocenters. The van der Waals surface area contributed by atoms with Crippen molar-refractivity contribution in [2.75, 3.05) is 36.9 Å². The summed E-state index contributed by atoms with van der Waals surface area (Å²) in [4.78, 5) is 11.9. The fourth-order valence-corrected chi connectivity index (χ4v) is 3.99. The van der Waals surface area contributed by atoms with Gasteiger partial charge < -0.3 is 15.5 Å². The Kier molecular flexibility index (Phi) is 5.48. The van der Waals surface area contributed by atoms with Crippen molar-refractivity contribution in [2.45, 2.75) is 26.3 Å². The highest BCUT2D eigenvalue weighted by molar-refractivity contribution is 5.56. The first-order chi connectivity index (χ1) is 15.6. The Morgan fingerprint density at radius 3 is 2.72 bits per heavy atom. The van der Waals surface area contributed by atoms with E-state index in [2.05, 4.69) is 58.8 Å². The van der Waals surface area contributed by atoms with E-state index >= 15 is 0 Å². The van der Waals surface area contributed by atoms with Crippen molar-refractivity contribution in [2.24, 2.45) is 5.92 Å². The Labute approximate surface area is 187 Å². The molecule has 1 aliphatic heterocycles. The zero-order valence-electron chi connectivity index (χ0n) is 18.7. The summed E-state index contributed by atoms with van der Waals surface area (Å²) in [5, 5.41) is 15.8. The van der Waals surface area contributed by atoms with Crippen molar-refractivity contribution in [3.63, 3.8) is 0 Å². The van der Waals surface area contributed by atoms with Crippen LogP contribution in [0.25, 0.3) is 11.3 Å². The fraction of sp³-hybridized carbons (Fsp3) is 0.391. The molecule has 1 fully saturated rings. The molecule has 0 radical (unpaired) electrons. The van der Waals surface area contributed by atoms with Gasteiger partial charge in [-0.15, -0.1) is 0 Å². The molecule has 1 saturated heterocycles. The standard InChI is InChI=1S/C23H29N9/c1-16(2)19-14-27-32-21(19)28-23(30(3)15-17-11-24-12-17)29-22(32)25-13-18-7-4-5-8-20(18)31-10-6-9-26-31/h4-10,14,16-17,24H,11-13,15H2,1-3H3,(H,25,28,29). The second-order valence-corrected chi connectivity index (χ2v) is 8.67. The molecule has 2 N–H and O–H groups in total. The zero-order valence-corrected chi connectivity index (χ0v) is 18.7. The molecule has 0 aliphatic carbocycles. The van der Waals surface area contributed by atoms with E-state index in [4.69, 9.17) is 9.97 Å². The first-order valence-corrected chi connectivity index (χ1v) is 11.1. The van der Waals surface area contributed by atoms with Gasteiger partial charge in [-0.3, -0.25) is 0 Å². The van der Waals surface area contributed by atoms with Crippen LogP contribution in [0.5, 0.6) is 0 Å². The summed E-state index contributed by atoms with van der Waals surface area (Å²) in [6.07, 6.45) is 5.64. The minimum absolute atomic E-state index is 0.324. The van der Waals surface area contributed by atoms with Crippen LogP contribution in [0.2, 0.25) is 0 Å². The molecule has 0 spiro atoms. The normalized spacial score (nSPS) is 14.1. The lowest BCUT2D eigenvalue weighted by Gasteiger charge is -2.31. The van der Waals surface area contributed by atoms with Crippen LogP contribution < -0.4 is 15.5 Å². The second kappa shape index (κ2) is 8.58. The molecule has 1 aromatic carbocycles. The van der Waals surface area contributed by atoms with Crippen LogP contribution in [0, 0.1) is 5.92 Å². The minimum Gasteiger partial charge on any atom is -0.350 e. The molecule has 0 atom stereocenters. The number of benzene rings is 1. The molecule has 0 saturated carbocycles. The monoisotopic (exact) mass is 431 g/mol. The van der Waals surface area contributed by atoms with Gasteiger partial charge in [-0.2, -0.15) is 24.7 Å². The van der Waals surface area contributed by atoms with Crippen LogP contribution in [-0.2, 0) is 6.54 Å². The summed E-state index contributed by atoms with van der Waals surface area (Å²) >= 11 is 0. The van der Waals surface area contributed by atoms with E-state index < -0.39 is 0 Å². The van der Waals surface area contributed by atoms with E-state index in [-0.39, 0.29) is 0 Å². The molecule has 9 nitrogen and oxygen atoms in total. The van der Waals surface area contributed by atoms with E-state index in [9.17, 15) is 0 Å². The fourth-order valence-electron chi connectivity index (χ4n) is 3.99. The lowest BCUT2D eigenvalue weighted by molar-refractivity contribution is 0.352. The first-order valence-electron chi connectivity index (χ1n) is 11.1. The molecule has 5 rings (SSSR count). The number of nitrogens with zero attached hydrogens (tertiary/aromatic N) is 7. The second-order valence-electron chi connectivity index (χ2n) is 8.67. The molecule has 4 heterocycles. The van der Waals surface area contributed by atoms with Gasteiger partial charge in [-0.05, 0) is 23.6 Å². The van der Waals surface area contributed by atoms with E-state index in [0.29, 0.717) is 24.3 Å². The number of aromatic nitrogens is 6. The van der Waals surface area contributed by atoms with Crippen LogP contribution in [0.15, 0.2) is 48.9 Å². The van der Waals surface area contributed by atoms with Gasteiger partial charge in [-0.25, -0.2) is 4.68 Å². The Balaban J connectivity index is 1.48. The lowest BCUT2D eigenvalue weighted by atomic mass is 10.0. The van der Waals surface area contributed by atoms with E-state index in [1.165, 1.54) is 0 Å². The van der Waals surface area contributed by atoms with Crippen molar-refractivity contribution >= 4 is 17.5 Å². The summed E-state index contributed by atoms with van der Waals surface area (Å²) < 4.78 is 3.69. The number of hydrogen-bond donors (Lipinski definition) is 2. The average Bonchev–Trinajstić information content (AvgIpc) is 3.44. The summed E-state index contributed by atoms with van der Waals surface area (Å²) in [6, 6.07) is 10.2. The maximum atomic E-state index is 4.88. The molecule has 3 aromatic heterocycles. The zero-order chi connectivity index (χ0) is 22.1. The first kappa shape index (κ1) is 20.4. The predicted octanol–water partition coefficient (Wildman–Crippen LogP) is 2.70. The number of hydrogen-bond acceptors (Lipinski definition) is 7. The third-order valence-electron chi connectivity index (χ3n) is 5.92. The van der Waals surface area contributed by atoms with Crippen LogP contribution in [0.3, 0.4) is 0 Å². The van der Waals surface area contributed by atoms with Gasteiger partial charge >= 0.3 is 0 Å². The Morgan fingerprint density at radius 2 is 2.00 bits per heavy atom. The molecular formula is C23H29N9. The molecule has 4 aromatic rings. The Bertz CT molecular complexity index is 1190. The number of rotatable bonds is 8. The summed E-state index contributed by atoms with van der Waals surface area (Å²) in [5.41, 5.74) is 4.13. The number of nitrogens with one attached hydrogen (secondary N) is 2. The van der Waals surface area contributed by atoms with Gasteiger partial charge in [0.25, 0.3) is 0 Å². The lowest BCUT2D eigenvalue weighted by Crippen LogP contribution is -2.47. The molecule has 0 amide bonds. The number of para-hydroxylation sites is 1. The van der Waals surface area contributed by atoms with Gasteiger partial charge in [0, 0.05) is 57.1 Å². The van der Waals surface area contributed by atoms with Gasteiger partial charge in [0.15, 0.2) is 5.65 Å². The van der Waals surface area contributed by atoms with Crippen LogP contribution in [-0.4, -0.2) is 56.0 Å². The van der Waals surface area contributed by atoms with Crippen LogP contribution >= 0.6 is 0 Å². The summed E-state index contributed by atoms with van der Waals surface area (Å²) in [7, 11) is 2.06. The topological polar surface area (TPSA) is 88.2 Å². The predicted molar refractivity (Wildman–Crippen MR) is 125 cm³/mol. The third-order valence-corrected chi connectivity index (χ3v) is 5.92. The van der Waals surface area contributed by atoms with E-state index in [1.807, 2.05) is 39.8 Å². The van der Waals surface area contributed by atoms with Gasteiger partial charge in [0.2, 0.25) is 11.9 Å². The van der Waals surface area contributed by atoms with Crippen molar-refractivity contribution in [3.8, 4) is 5.69 Å². The van der Waals surface area contributed by atoms with E-state index in [1.54, 1.807) is 6.20 Å². The molecule has 32 heavy (non-hydrogen) atoms. The maximum Gasteiger partial charge on any atom is 0.230 e. The highest BCUT2D eigenvalue weighted by Crippen LogP contribution is 2.24. The van der Waals surface area contributed by atoms with Crippen LogP contribution in [0.1, 0.15) is 30.9 Å². The van der Waals surface area contributed by atoms with Crippen molar-refractivity contribution < 1.29 is 0 Å². The summed E-state index contributed by atoms with van der Waals surface area (Å²) in [5.74, 6) is 2.36. The number of anilines is 2. The molecule has 1 aliphatic rings. The quantitative estimate of drug-likeness (QED) is 0.443. The maximum absolute atomic E-state index is 4.88. The average molecular weight is 432 g/mol. The van der Waals surface area contributed by atoms with Gasteiger partial charge in [0.1, 0.15) is 0 Å². The third kappa shape index (κ3) is 3.91. The summed E-state index contributed by atoms with van der Waals surface area (Å²) in [6.45, 7) is 7.94. The molecule has 9 heteroatoms.